The van der Waals surface area contributed by atoms with Gasteiger partial charge in [-0.15, -0.1) is 0 Å². The van der Waals surface area contributed by atoms with E-state index >= 15 is 0 Å². The highest BCUT2D eigenvalue weighted by Gasteiger charge is 2.15. The Balaban J connectivity index is 1.57. The van der Waals surface area contributed by atoms with Gasteiger partial charge in [-0.2, -0.15) is 0 Å². The van der Waals surface area contributed by atoms with E-state index in [-0.39, 0.29) is 11.7 Å². The van der Waals surface area contributed by atoms with Gasteiger partial charge < -0.3 is 24.4 Å². The number of quaternary nitrogens is 1. The van der Waals surface area contributed by atoms with Gasteiger partial charge in [0.25, 0.3) is 5.91 Å². The quantitative estimate of drug-likeness (QED) is 0.576. The van der Waals surface area contributed by atoms with Crippen molar-refractivity contribution in [2.45, 2.75) is 6.42 Å². The maximum Gasteiger partial charge on any atom is 0.289 e. The van der Waals surface area contributed by atoms with Crippen molar-refractivity contribution in [2.75, 3.05) is 52.6 Å². The van der Waals surface area contributed by atoms with Gasteiger partial charge in [0.2, 0.25) is 5.76 Å². The SMILES string of the molecule is O=C(NCCC[NH+]1CCOCC1)C1=COCCO1. The van der Waals surface area contributed by atoms with Crippen LogP contribution in [0.15, 0.2) is 12.0 Å². The van der Waals surface area contributed by atoms with Crippen molar-refractivity contribution in [3.63, 3.8) is 0 Å². The third-order valence-corrected chi connectivity index (χ3v) is 3.07. The van der Waals surface area contributed by atoms with Gasteiger partial charge in [0.1, 0.15) is 32.6 Å². The molecule has 0 aromatic rings. The zero-order valence-corrected chi connectivity index (χ0v) is 10.6. The fourth-order valence-electron chi connectivity index (χ4n) is 2.02. The zero-order chi connectivity index (χ0) is 12.6. The molecule has 0 saturated carbocycles. The minimum Gasteiger partial charge on any atom is -0.494 e. The van der Waals surface area contributed by atoms with Crippen molar-refractivity contribution in [2.24, 2.45) is 0 Å². The lowest BCUT2D eigenvalue weighted by Gasteiger charge is -2.23. The Labute approximate surface area is 107 Å². The van der Waals surface area contributed by atoms with Gasteiger partial charge in [-0.3, -0.25) is 4.79 Å². The van der Waals surface area contributed by atoms with E-state index in [0.717, 1.165) is 39.3 Å². The summed E-state index contributed by atoms with van der Waals surface area (Å²) in [6, 6.07) is 0. The molecule has 0 radical (unpaired) electrons. The second-order valence-electron chi connectivity index (χ2n) is 4.42. The molecule has 1 amide bonds. The fourth-order valence-corrected chi connectivity index (χ4v) is 2.02. The Morgan fingerprint density at radius 2 is 2.11 bits per heavy atom. The van der Waals surface area contributed by atoms with E-state index in [1.54, 1.807) is 4.90 Å². The number of morpholine rings is 1. The van der Waals surface area contributed by atoms with E-state index in [0.29, 0.717) is 19.8 Å². The molecular weight excluding hydrogens is 236 g/mol. The van der Waals surface area contributed by atoms with Gasteiger partial charge in [-0.05, 0) is 0 Å². The number of hydrogen-bond donors (Lipinski definition) is 2. The molecule has 102 valence electrons. The van der Waals surface area contributed by atoms with Crippen molar-refractivity contribution in [1.82, 2.24) is 5.32 Å². The molecule has 1 saturated heterocycles. The summed E-state index contributed by atoms with van der Waals surface area (Å²) >= 11 is 0. The largest absolute Gasteiger partial charge is 0.494 e. The highest BCUT2D eigenvalue weighted by Crippen LogP contribution is 2.03. The number of nitrogens with one attached hydrogen (secondary N) is 2. The molecule has 6 heteroatoms. The Kier molecular flexibility index (Phi) is 5.29. The van der Waals surface area contributed by atoms with Crippen molar-refractivity contribution in [3.05, 3.63) is 12.0 Å². The Bertz CT molecular complexity index is 300. The summed E-state index contributed by atoms with van der Waals surface area (Å²) in [6.45, 7) is 6.52. The molecule has 0 aromatic heterocycles. The fraction of sp³-hybridized carbons (Fsp3) is 0.750. The van der Waals surface area contributed by atoms with Crippen LogP contribution in [0, 0.1) is 0 Å². The molecule has 0 atom stereocenters. The van der Waals surface area contributed by atoms with Crippen molar-refractivity contribution in [1.29, 1.82) is 0 Å². The number of ether oxygens (including phenoxy) is 3. The average molecular weight is 257 g/mol. The molecule has 0 unspecified atom stereocenters. The lowest BCUT2D eigenvalue weighted by atomic mass is 10.3. The van der Waals surface area contributed by atoms with Crippen LogP contribution >= 0.6 is 0 Å². The van der Waals surface area contributed by atoms with Crippen LogP contribution in [0.5, 0.6) is 0 Å². The lowest BCUT2D eigenvalue weighted by Crippen LogP contribution is -3.14. The van der Waals surface area contributed by atoms with E-state index in [9.17, 15) is 4.79 Å². The summed E-state index contributed by atoms with van der Waals surface area (Å²) in [4.78, 5) is 13.2. The van der Waals surface area contributed by atoms with Crippen molar-refractivity contribution >= 4 is 5.91 Å². The summed E-state index contributed by atoms with van der Waals surface area (Å²) in [5.41, 5.74) is 0. The maximum absolute atomic E-state index is 11.6. The minimum absolute atomic E-state index is 0.188. The van der Waals surface area contributed by atoms with Gasteiger partial charge in [0.15, 0.2) is 0 Å². The molecular formula is C12H21N2O4+. The molecule has 0 bridgehead atoms. The average Bonchev–Trinajstić information content (AvgIpc) is 2.45. The molecule has 0 spiro atoms. The third-order valence-electron chi connectivity index (χ3n) is 3.07. The second kappa shape index (κ2) is 7.23. The van der Waals surface area contributed by atoms with Crippen LogP contribution in [-0.4, -0.2) is 58.5 Å². The Morgan fingerprint density at radius 1 is 1.28 bits per heavy atom. The summed E-state index contributed by atoms with van der Waals surface area (Å²) in [6.07, 6.45) is 2.35. The van der Waals surface area contributed by atoms with Crippen LogP contribution in [0.4, 0.5) is 0 Å². The molecule has 2 rings (SSSR count). The predicted octanol–water partition coefficient (Wildman–Crippen LogP) is -1.70. The summed E-state index contributed by atoms with van der Waals surface area (Å²) in [5, 5.41) is 2.84. The topological polar surface area (TPSA) is 61.2 Å². The smallest absolute Gasteiger partial charge is 0.289 e. The van der Waals surface area contributed by atoms with Gasteiger partial charge in [-0.25, -0.2) is 0 Å². The standard InChI is InChI=1S/C12H20N2O4/c15-12(11-10-17-8-9-18-11)13-2-1-3-14-4-6-16-7-5-14/h10H,1-9H2,(H,13,15)/p+1. The number of rotatable bonds is 5. The van der Waals surface area contributed by atoms with Crippen LogP contribution in [0.2, 0.25) is 0 Å². The molecule has 18 heavy (non-hydrogen) atoms. The van der Waals surface area contributed by atoms with E-state index in [1.807, 2.05) is 0 Å². The molecule has 0 aliphatic carbocycles. The number of carbonyl (C=O) groups is 1. The van der Waals surface area contributed by atoms with Crippen LogP contribution in [0.3, 0.4) is 0 Å². The molecule has 0 aromatic carbocycles. The summed E-state index contributed by atoms with van der Waals surface area (Å²) in [5.74, 6) is 0.0895. The van der Waals surface area contributed by atoms with Crippen molar-refractivity contribution < 1.29 is 23.9 Å². The second-order valence-corrected chi connectivity index (χ2v) is 4.42. The molecule has 2 aliphatic rings. The van der Waals surface area contributed by atoms with E-state index in [2.05, 4.69) is 5.32 Å². The van der Waals surface area contributed by atoms with Crippen molar-refractivity contribution in [3.8, 4) is 0 Å². The van der Waals surface area contributed by atoms with Gasteiger partial charge in [0.05, 0.1) is 19.8 Å². The Morgan fingerprint density at radius 3 is 2.83 bits per heavy atom. The number of carbonyl (C=O) groups excluding carboxylic acids is 1. The van der Waals surface area contributed by atoms with Crippen LogP contribution < -0.4 is 10.2 Å². The highest BCUT2D eigenvalue weighted by molar-refractivity contribution is 5.91. The first-order chi connectivity index (χ1) is 8.86. The van der Waals surface area contributed by atoms with E-state index in [4.69, 9.17) is 14.2 Å². The van der Waals surface area contributed by atoms with Crippen LogP contribution in [0.1, 0.15) is 6.42 Å². The van der Waals surface area contributed by atoms with Gasteiger partial charge in [0, 0.05) is 13.0 Å². The first kappa shape index (κ1) is 13.2. The molecule has 6 nitrogen and oxygen atoms in total. The monoisotopic (exact) mass is 257 g/mol. The minimum atomic E-state index is -0.188. The number of amides is 1. The zero-order valence-electron chi connectivity index (χ0n) is 10.6. The normalized spacial score (nSPS) is 20.6. The van der Waals surface area contributed by atoms with Crippen LogP contribution in [0.25, 0.3) is 0 Å². The van der Waals surface area contributed by atoms with E-state index < -0.39 is 0 Å². The maximum atomic E-state index is 11.6. The highest BCUT2D eigenvalue weighted by atomic mass is 16.6. The molecule has 2 heterocycles. The molecule has 1 fully saturated rings. The van der Waals surface area contributed by atoms with Gasteiger partial charge in [-0.1, -0.05) is 0 Å². The van der Waals surface area contributed by atoms with Crippen LogP contribution in [-0.2, 0) is 19.0 Å². The lowest BCUT2D eigenvalue weighted by molar-refractivity contribution is -0.908. The Hall–Kier alpha value is -1.27. The molecule has 2 aliphatic heterocycles. The summed E-state index contributed by atoms with van der Waals surface area (Å²) in [7, 11) is 0. The van der Waals surface area contributed by atoms with E-state index in [1.165, 1.54) is 6.26 Å². The molecule has 2 N–H and O–H groups in total. The predicted molar refractivity (Wildman–Crippen MR) is 64.0 cm³/mol. The number of hydrogen-bond acceptors (Lipinski definition) is 4. The third kappa shape index (κ3) is 4.19. The summed E-state index contributed by atoms with van der Waals surface area (Å²) < 4.78 is 15.5. The first-order valence-corrected chi connectivity index (χ1v) is 6.50. The first-order valence-electron chi connectivity index (χ1n) is 6.50. The van der Waals surface area contributed by atoms with Gasteiger partial charge >= 0.3 is 0 Å².